The lowest BCUT2D eigenvalue weighted by Gasteiger charge is -2.08. The number of carbonyl (C=O) groups excluding carboxylic acids is 1. The molecular formula is C14H17N3O2S. The van der Waals surface area contributed by atoms with Gasteiger partial charge in [0.25, 0.3) is 0 Å². The highest BCUT2D eigenvalue weighted by atomic mass is 32.1. The number of hydrogen-bond acceptors (Lipinski definition) is 4. The van der Waals surface area contributed by atoms with Crippen LogP contribution in [-0.2, 0) is 6.54 Å². The molecule has 6 heteroatoms. The molecule has 20 heavy (non-hydrogen) atoms. The molecule has 5 nitrogen and oxygen atoms in total. The van der Waals surface area contributed by atoms with Crippen LogP contribution in [-0.4, -0.2) is 16.1 Å². The summed E-state index contributed by atoms with van der Waals surface area (Å²) in [6, 6.07) is 6.80. The second-order valence-electron chi connectivity index (χ2n) is 4.46. The van der Waals surface area contributed by atoms with Gasteiger partial charge in [-0.3, -0.25) is 0 Å². The van der Waals surface area contributed by atoms with E-state index in [0.29, 0.717) is 12.2 Å². The number of nitrogens with zero attached hydrogens (tertiary/aromatic N) is 1. The topological polar surface area (TPSA) is 74.2 Å². The van der Waals surface area contributed by atoms with E-state index in [4.69, 9.17) is 0 Å². The molecule has 2 amide bonds. The number of aryl methyl sites for hydroxylation is 1. The second kappa shape index (κ2) is 6.49. The quantitative estimate of drug-likeness (QED) is 0.811. The van der Waals surface area contributed by atoms with Gasteiger partial charge in [0.05, 0.1) is 23.4 Å². The molecule has 0 aliphatic heterocycles. The average Bonchev–Trinajstić information content (AvgIpc) is 2.83. The molecule has 0 saturated heterocycles. The van der Waals surface area contributed by atoms with Gasteiger partial charge in [0.15, 0.2) is 0 Å². The number of benzene rings is 1. The Morgan fingerprint density at radius 2 is 2.10 bits per heavy atom. The summed E-state index contributed by atoms with van der Waals surface area (Å²) >= 11 is 1.56. The zero-order valence-electron chi connectivity index (χ0n) is 11.4. The predicted octanol–water partition coefficient (Wildman–Crippen LogP) is 2.83. The molecule has 2 rings (SSSR count). The van der Waals surface area contributed by atoms with E-state index < -0.39 is 6.10 Å². The van der Waals surface area contributed by atoms with Crippen molar-refractivity contribution in [3.05, 3.63) is 45.9 Å². The van der Waals surface area contributed by atoms with Crippen molar-refractivity contribution in [1.29, 1.82) is 0 Å². The first-order valence-electron chi connectivity index (χ1n) is 6.28. The van der Waals surface area contributed by atoms with Crippen LogP contribution in [0.3, 0.4) is 0 Å². The summed E-state index contributed by atoms with van der Waals surface area (Å²) < 4.78 is 0. The maximum absolute atomic E-state index is 11.7. The largest absolute Gasteiger partial charge is 0.389 e. The van der Waals surface area contributed by atoms with Crippen LogP contribution in [0.25, 0.3) is 0 Å². The summed E-state index contributed by atoms with van der Waals surface area (Å²) in [5, 5.41) is 17.8. The van der Waals surface area contributed by atoms with Gasteiger partial charge in [-0.2, -0.15) is 0 Å². The van der Waals surface area contributed by atoms with Crippen LogP contribution in [0.5, 0.6) is 0 Å². The molecule has 0 aliphatic carbocycles. The van der Waals surface area contributed by atoms with E-state index in [0.717, 1.165) is 16.3 Å². The molecule has 0 spiro atoms. The number of aromatic nitrogens is 1. The molecule has 0 aliphatic rings. The minimum atomic E-state index is -0.509. The van der Waals surface area contributed by atoms with E-state index in [1.165, 1.54) is 0 Å². The number of carbonyl (C=O) groups is 1. The summed E-state index contributed by atoms with van der Waals surface area (Å²) in [6.45, 7) is 4.03. The van der Waals surface area contributed by atoms with Crippen molar-refractivity contribution >= 4 is 23.1 Å². The number of urea groups is 1. The Labute approximate surface area is 121 Å². The first kappa shape index (κ1) is 14.5. The van der Waals surface area contributed by atoms with Gasteiger partial charge in [-0.25, -0.2) is 9.78 Å². The molecule has 1 unspecified atom stereocenters. The van der Waals surface area contributed by atoms with E-state index in [2.05, 4.69) is 15.6 Å². The zero-order chi connectivity index (χ0) is 14.5. The van der Waals surface area contributed by atoms with Crippen molar-refractivity contribution in [3.63, 3.8) is 0 Å². The lowest BCUT2D eigenvalue weighted by molar-refractivity contribution is 0.199. The Balaban J connectivity index is 1.84. The third-order valence-electron chi connectivity index (χ3n) is 2.75. The average molecular weight is 291 g/mol. The molecule has 0 saturated carbocycles. The molecule has 106 valence electrons. The normalized spacial score (nSPS) is 11.9. The van der Waals surface area contributed by atoms with Crippen LogP contribution in [0.15, 0.2) is 29.6 Å². The summed E-state index contributed by atoms with van der Waals surface area (Å²) in [5.41, 5.74) is 2.35. The molecule has 1 aromatic heterocycles. The molecule has 1 atom stereocenters. The van der Waals surface area contributed by atoms with Crippen molar-refractivity contribution in [1.82, 2.24) is 10.3 Å². The number of aliphatic hydroxyl groups excluding tert-OH is 1. The second-order valence-corrected chi connectivity index (χ2v) is 5.53. The van der Waals surface area contributed by atoms with Crippen LogP contribution in [0, 0.1) is 6.92 Å². The highest BCUT2D eigenvalue weighted by Gasteiger charge is 2.05. The molecule has 0 radical (unpaired) electrons. The van der Waals surface area contributed by atoms with E-state index in [1.54, 1.807) is 42.5 Å². The van der Waals surface area contributed by atoms with Gasteiger partial charge < -0.3 is 15.7 Å². The maximum atomic E-state index is 11.7. The Morgan fingerprint density at radius 3 is 2.65 bits per heavy atom. The highest BCUT2D eigenvalue weighted by Crippen LogP contribution is 2.15. The Bertz CT molecular complexity index is 578. The number of nitrogens with one attached hydrogen (secondary N) is 2. The Kier molecular flexibility index (Phi) is 4.70. The third-order valence-corrected chi connectivity index (χ3v) is 3.57. The van der Waals surface area contributed by atoms with E-state index >= 15 is 0 Å². The van der Waals surface area contributed by atoms with Gasteiger partial charge in [-0.05, 0) is 31.5 Å². The number of thiazole rings is 1. The Morgan fingerprint density at radius 1 is 1.40 bits per heavy atom. The maximum Gasteiger partial charge on any atom is 0.319 e. The van der Waals surface area contributed by atoms with Crippen LogP contribution in [0.4, 0.5) is 10.5 Å². The van der Waals surface area contributed by atoms with Gasteiger partial charge in [-0.15, -0.1) is 11.3 Å². The van der Waals surface area contributed by atoms with Gasteiger partial charge in [0.2, 0.25) is 0 Å². The molecule has 3 N–H and O–H groups in total. The highest BCUT2D eigenvalue weighted by molar-refractivity contribution is 7.09. The monoisotopic (exact) mass is 291 g/mol. The summed E-state index contributed by atoms with van der Waals surface area (Å²) in [6.07, 6.45) is -0.509. The van der Waals surface area contributed by atoms with Gasteiger partial charge >= 0.3 is 6.03 Å². The summed E-state index contributed by atoms with van der Waals surface area (Å²) in [5.74, 6) is 0. The van der Waals surface area contributed by atoms with Crippen molar-refractivity contribution < 1.29 is 9.90 Å². The number of aliphatic hydroxyl groups is 1. The molecular weight excluding hydrogens is 274 g/mol. The minimum Gasteiger partial charge on any atom is -0.389 e. The standard InChI is InChI=1S/C14H17N3O2S/c1-9(18)11-3-5-12(6-4-11)17-14(19)15-7-13-8-20-10(2)16-13/h3-6,8-9,18H,7H2,1-2H3,(H2,15,17,19). The van der Waals surface area contributed by atoms with Crippen molar-refractivity contribution in [2.75, 3.05) is 5.32 Å². The SMILES string of the molecule is Cc1nc(CNC(=O)Nc2ccc(C(C)O)cc2)cs1. The van der Waals surface area contributed by atoms with Crippen LogP contribution >= 0.6 is 11.3 Å². The van der Waals surface area contributed by atoms with Crippen LogP contribution in [0.1, 0.15) is 29.3 Å². The Hall–Kier alpha value is -1.92. The first-order valence-corrected chi connectivity index (χ1v) is 7.16. The summed E-state index contributed by atoms with van der Waals surface area (Å²) in [4.78, 5) is 16.0. The number of amides is 2. The van der Waals surface area contributed by atoms with Crippen LogP contribution in [0.2, 0.25) is 0 Å². The molecule has 1 heterocycles. The summed E-state index contributed by atoms with van der Waals surface area (Å²) in [7, 11) is 0. The van der Waals surface area contributed by atoms with Crippen LogP contribution < -0.4 is 10.6 Å². The van der Waals surface area contributed by atoms with Gasteiger partial charge in [-0.1, -0.05) is 12.1 Å². The zero-order valence-corrected chi connectivity index (χ0v) is 12.2. The first-order chi connectivity index (χ1) is 9.54. The molecule has 0 fully saturated rings. The fourth-order valence-corrected chi connectivity index (χ4v) is 2.29. The van der Waals surface area contributed by atoms with Crippen molar-refractivity contribution in [2.24, 2.45) is 0 Å². The smallest absolute Gasteiger partial charge is 0.319 e. The number of rotatable bonds is 4. The lowest BCUT2D eigenvalue weighted by Crippen LogP contribution is -2.28. The van der Waals surface area contributed by atoms with Gasteiger partial charge in [0, 0.05) is 11.1 Å². The minimum absolute atomic E-state index is 0.277. The predicted molar refractivity (Wildman–Crippen MR) is 79.8 cm³/mol. The number of hydrogen-bond donors (Lipinski definition) is 3. The van der Waals surface area contributed by atoms with E-state index in [1.807, 2.05) is 12.3 Å². The fraction of sp³-hybridized carbons (Fsp3) is 0.286. The molecule has 0 bridgehead atoms. The van der Waals surface area contributed by atoms with Crippen molar-refractivity contribution in [3.8, 4) is 0 Å². The number of anilines is 1. The van der Waals surface area contributed by atoms with Crippen molar-refractivity contribution in [2.45, 2.75) is 26.5 Å². The fourth-order valence-electron chi connectivity index (χ4n) is 1.68. The third kappa shape index (κ3) is 4.04. The van der Waals surface area contributed by atoms with E-state index in [9.17, 15) is 9.90 Å². The van der Waals surface area contributed by atoms with E-state index in [-0.39, 0.29) is 6.03 Å². The molecule has 2 aromatic rings. The van der Waals surface area contributed by atoms with Gasteiger partial charge in [0.1, 0.15) is 0 Å². The lowest BCUT2D eigenvalue weighted by atomic mass is 10.1. The molecule has 1 aromatic carbocycles.